The van der Waals surface area contributed by atoms with Crippen LogP contribution in [0.25, 0.3) is 5.82 Å². The Labute approximate surface area is 154 Å². The van der Waals surface area contributed by atoms with Crippen molar-refractivity contribution in [3.63, 3.8) is 0 Å². The van der Waals surface area contributed by atoms with E-state index in [0.29, 0.717) is 0 Å². The van der Waals surface area contributed by atoms with Crippen LogP contribution < -0.4 is 4.90 Å². The molecule has 138 valence electrons. The molecule has 7 heteroatoms. The van der Waals surface area contributed by atoms with Gasteiger partial charge in [-0.3, -0.25) is 0 Å². The zero-order valence-corrected chi connectivity index (χ0v) is 15.1. The molecule has 0 saturated carbocycles. The minimum atomic E-state index is 0.762. The van der Waals surface area contributed by atoms with Gasteiger partial charge in [-0.15, -0.1) is 0 Å². The average molecular weight is 354 g/mol. The highest BCUT2D eigenvalue weighted by molar-refractivity contribution is 5.44. The second-order valence-electron chi connectivity index (χ2n) is 7.88. The van der Waals surface area contributed by atoms with Gasteiger partial charge in [-0.2, -0.15) is 5.10 Å². The summed E-state index contributed by atoms with van der Waals surface area (Å²) >= 11 is 0. The summed E-state index contributed by atoms with van der Waals surface area (Å²) in [5.41, 5.74) is 0. The molecule has 2 atom stereocenters. The summed E-state index contributed by atoms with van der Waals surface area (Å²) < 4.78 is 7.28. The van der Waals surface area contributed by atoms with Gasteiger partial charge in [0.05, 0.1) is 0 Å². The summed E-state index contributed by atoms with van der Waals surface area (Å²) in [6, 6.07) is 3.96. The molecule has 3 saturated heterocycles. The Morgan fingerprint density at radius 2 is 1.77 bits per heavy atom. The lowest BCUT2D eigenvalue weighted by molar-refractivity contribution is 0.0547. The van der Waals surface area contributed by atoms with Crippen molar-refractivity contribution in [3.05, 3.63) is 30.9 Å². The van der Waals surface area contributed by atoms with Crippen LogP contribution >= 0.6 is 0 Å². The van der Waals surface area contributed by atoms with E-state index in [1.165, 1.54) is 32.5 Å². The van der Waals surface area contributed by atoms with Crippen LogP contribution in [0, 0.1) is 17.8 Å². The van der Waals surface area contributed by atoms with Crippen LogP contribution in [0.4, 0.5) is 5.82 Å². The topological polar surface area (TPSA) is 59.3 Å². The SMILES string of the molecule is c1cnn(-c2cc(N3CC4CN(CC5CCOCC5)CC4C3)ncn2)c1. The predicted molar refractivity (Wildman–Crippen MR) is 98.3 cm³/mol. The molecule has 0 N–H and O–H groups in total. The fourth-order valence-electron chi connectivity index (χ4n) is 4.76. The van der Waals surface area contributed by atoms with Crippen molar-refractivity contribution in [1.82, 2.24) is 24.6 Å². The van der Waals surface area contributed by atoms with Gasteiger partial charge in [-0.1, -0.05) is 0 Å². The highest BCUT2D eigenvalue weighted by Crippen LogP contribution is 2.34. The van der Waals surface area contributed by atoms with Crippen molar-refractivity contribution >= 4 is 5.82 Å². The van der Waals surface area contributed by atoms with Crippen LogP contribution in [-0.2, 0) is 4.74 Å². The molecule has 3 aliphatic rings. The first-order valence-corrected chi connectivity index (χ1v) is 9.72. The van der Waals surface area contributed by atoms with Gasteiger partial charge in [0.1, 0.15) is 12.1 Å². The van der Waals surface area contributed by atoms with E-state index in [-0.39, 0.29) is 0 Å². The first kappa shape index (κ1) is 16.2. The van der Waals surface area contributed by atoms with Crippen LogP contribution in [0.5, 0.6) is 0 Å². The van der Waals surface area contributed by atoms with E-state index in [9.17, 15) is 0 Å². The van der Waals surface area contributed by atoms with Gasteiger partial charge in [-0.25, -0.2) is 14.6 Å². The van der Waals surface area contributed by atoms with Crippen LogP contribution in [0.2, 0.25) is 0 Å². The van der Waals surface area contributed by atoms with Crippen LogP contribution in [0.3, 0.4) is 0 Å². The number of fused-ring (bicyclic) bond motifs is 1. The van der Waals surface area contributed by atoms with Gasteiger partial charge in [-0.05, 0) is 36.7 Å². The van der Waals surface area contributed by atoms with E-state index in [0.717, 1.165) is 55.7 Å². The fraction of sp³-hybridized carbons (Fsp3) is 0.632. The molecule has 2 unspecified atom stereocenters. The van der Waals surface area contributed by atoms with Gasteiger partial charge in [0.25, 0.3) is 0 Å². The Morgan fingerprint density at radius 1 is 1.00 bits per heavy atom. The average Bonchev–Trinajstić information content (AvgIpc) is 3.39. The number of hydrogen-bond donors (Lipinski definition) is 0. The number of likely N-dealkylation sites (tertiary alicyclic amines) is 1. The Morgan fingerprint density at radius 3 is 2.50 bits per heavy atom. The largest absolute Gasteiger partial charge is 0.381 e. The van der Waals surface area contributed by atoms with Crippen molar-refractivity contribution < 1.29 is 4.74 Å². The summed E-state index contributed by atoms with van der Waals surface area (Å²) in [7, 11) is 0. The van der Waals surface area contributed by atoms with Crippen molar-refractivity contribution in [2.75, 3.05) is 50.8 Å². The smallest absolute Gasteiger partial charge is 0.158 e. The third kappa shape index (κ3) is 3.21. The molecule has 0 spiro atoms. The summed E-state index contributed by atoms with van der Waals surface area (Å²) in [5, 5.41) is 4.27. The van der Waals surface area contributed by atoms with E-state index in [1.54, 1.807) is 17.2 Å². The molecule has 0 radical (unpaired) electrons. The third-order valence-corrected chi connectivity index (χ3v) is 6.12. The Kier molecular flexibility index (Phi) is 4.34. The monoisotopic (exact) mass is 354 g/mol. The molecular formula is C19H26N6O. The molecule has 0 bridgehead atoms. The molecule has 5 heterocycles. The van der Waals surface area contributed by atoms with Crippen LogP contribution in [0.1, 0.15) is 12.8 Å². The minimum Gasteiger partial charge on any atom is -0.381 e. The lowest BCUT2D eigenvalue weighted by Gasteiger charge is -2.28. The summed E-state index contributed by atoms with van der Waals surface area (Å²) in [6.45, 7) is 7.82. The summed E-state index contributed by atoms with van der Waals surface area (Å²) in [4.78, 5) is 14.0. The Bertz CT molecular complexity index is 715. The molecule has 3 fully saturated rings. The highest BCUT2D eigenvalue weighted by atomic mass is 16.5. The molecule has 2 aromatic rings. The molecule has 26 heavy (non-hydrogen) atoms. The summed E-state index contributed by atoms with van der Waals surface area (Å²) in [5.74, 6) is 4.21. The highest BCUT2D eigenvalue weighted by Gasteiger charge is 2.40. The van der Waals surface area contributed by atoms with Gasteiger partial charge >= 0.3 is 0 Å². The molecular weight excluding hydrogens is 328 g/mol. The molecule has 3 aliphatic heterocycles. The molecule has 0 amide bonds. The number of anilines is 1. The van der Waals surface area contributed by atoms with E-state index in [2.05, 4.69) is 24.9 Å². The molecule has 0 aliphatic carbocycles. The number of ether oxygens (including phenoxy) is 1. The maximum Gasteiger partial charge on any atom is 0.158 e. The molecule has 0 aromatic carbocycles. The predicted octanol–water partition coefficient (Wildman–Crippen LogP) is 1.46. The van der Waals surface area contributed by atoms with Gasteiger partial charge in [0, 0.05) is 64.4 Å². The lowest BCUT2D eigenvalue weighted by atomic mass is 10.00. The normalized spacial score (nSPS) is 27.2. The molecule has 2 aromatic heterocycles. The number of aromatic nitrogens is 4. The lowest BCUT2D eigenvalue weighted by Crippen LogP contribution is -2.34. The quantitative estimate of drug-likeness (QED) is 0.828. The van der Waals surface area contributed by atoms with Crippen molar-refractivity contribution in [1.29, 1.82) is 0 Å². The fourth-order valence-corrected chi connectivity index (χ4v) is 4.76. The standard InChI is InChI=1S/C19H26N6O/c1-4-22-25(5-1)19-8-18(20-14-21-19)24-12-16-10-23(11-17(16)13-24)9-15-2-6-26-7-3-15/h1,4-5,8,14-17H,2-3,6-7,9-13H2. The van der Waals surface area contributed by atoms with E-state index in [4.69, 9.17) is 4.74 Å². The maximum atomic E-state index is 5.49. The van der Waals surface area contributed by atoms with Crippen molar-refractivity contribution in [2.45, 2.75) is 12.8 Å². The number of nitrogens with zero attached hydrogens (tertiary/aromatic N) is 6. The first-order valence-electron chi connectivity index (χ1n) is 9.72. The van der Waals surface area contributed by atoms with Gasteiger partial charge in [0.15, 0.2) is 5.82 Å². The Hall–Kier alpha value is -1.99. The van der Waals surface area contributed by atoms with Crippen LogP contribution in [0.15, 0.2) is 30.9 Å². The van der Waals surface area contributed by atoms with Crippen molar-refractivity contribution in [2.24, 2.45) is 17.8 Å². The second kappa shape index (κ2) is 6.96. The number of hydrogen-bond acceptors (Lipinski definition) is 6. The number of rotatable bonds is 4. The van der Waals surface area contributed by atoms with E-state index in [1.807, 2.05) is 18.3 Å². The zero-order chi connectivity index (χ0) is 17.3. The second-order valence-corrected chi connectivity index (χ2v) is 7.88. The van der Waals surface area contributed by atoms with Gasteiger partial charge < -0.3 is 14.5 Å². The van der Waals surface area contributed by atoms with E-state index < -0.39 is 0 Å². The summed E-state index contributed by atoms with van der Waals surface area (Å²) in [6.07, 6.45) is 7.80. The maximum absolute atomic E-state index is 5.49. The van der Waals surface area contributed by atoms with Crippen LogP contribution in [-0.4, -0.2) is 70.6 Å². The molecule has 5 rings (SSSR count). The Balaban J connectivity index is 1.21. The van der Waals surface area contributed by atoms with E-state index >= 15 is 0 Å². The third-order valence-electron chi connectivity index (χ3n) is 6.12. The minimum absolute atomic E-state index is 0.762. The zero-order valence-electron chi connectivity index (χ0n) is 15.1. The van der Waals surface area contributed by atoms with Crippen molar-refractivity contribution in [3.8, 4) is 5.82 Å². The van der Waals surface area contributed by atoms with Gasteiger partial charge in [0.2, 0.25) is 0 Å². The first-order chi connectivity index (χ1) is 12.8. The molecule has 7 nitrogen and oxygen atoms in total.